The van der Waals surface area contributed by atoms with Gasteiger partial charge in [-0.1, -0.05) is 19.0 Å². The van der Waals surface area contributed by atoms with Gasteiger partial charge >= 0.3 is 0 Å². The Bertz CT molecular complexity index is 1460. The molecular formula is C25H30N6O4S. The highest BCUT2D eigenvalue weighted by molar-refractivity contribution is 7.92. The predicted octanol–water partition coefficient (Wildman–Crippen LogP) is 3.74. The average Bonchev–Trinajstić information content (AvgIpc) is 3.30. The monoisotopic (exact) mass is 510 g/mol. The second-order valence-electron chi connectivity index (χ2n) is 9.25. The third kappa shape index (κ3) is 5.13. The Morgan fingerprint density at radius 2 is 1.86 bits per heavy atom. The third-order valence-electron chi connectivity index (χ3n) is 6.29. The van der Waals surface area contributed by atoms with E-state index in [1.54, 1.807) is 18.3 Å². The molecule has 10 nitrogen and oxygen atoms in total. The first kappa shape index (κ1) is 24.4. The summed E-state index contributed by atoms with van der Waals surface area (Å²) in [6.45, 7) is 8.15. The van der Waals surface area contributed by atoms with Gasteiger partial charge in [0.2, 0.25) is 16.0 Å². The number of aromatic nitrogens is 3. The number of hydrogen-bond acceptors (Lipinski definition) is 9. The number of sulfonamides is 1. The normalized spacial score (nSPS) is 15.1. The summed E-state index contributed by atoms with van der Waals surface area (Å²) in [5, 5.41) is 9.25. The molecule has 1 aliphatic heterocycles. The summed E-state index contributed by atoms with van der Waals surface area (Å²) in [5.41, 5.74) is 3.70. The number of benzene rings is 2. The molecule has 2 aromatic heterocycles. The summed E-state index contributed by atoms with van der Waals surface area (Å²) in [7, 11) is -3.43. The topological polar surface area (TPSA) is 114 Å². The SMILES string of the molecule is CC(C)c1noc2ccc3cnc(Nc4ccc(N(CCN5CCOCC5)S(C)(=O)=O)cc4)nc3c12. The summed E-state index contributed by atoms with van der Waals surface area (Å²) < 4.78 is 37.3. The van der Waals surface area contributed by atoms with E-state index < -0.39 is 10.0 Å². The van der Waals surface area contributed by atoms with Gasteiger partial charge in [0.1, 0.15) is 0 Å². The van der Waals surface area contributed by atoms with E-state index in [1.165, 1.54) is 10.6 Å². The minimum Gasteiger partial charge on any atom is -0.379 e. The molecule has 5 rings (SSSR count). The lowest BCUT2D eigenvalue weighted by Gasteiger charge is -2.30. The molecule has 0 saturated carbocycles. The molecule has 1 saturated heterocycles. The van der Waals surface area contributed by atoms with Crippen LogP contribution in [-0.2, 0) is 14.8 Å². The minimum absolute atomic E-state index is 0.191. The van der Waals surface area contributed by atoms with Gasteiger partial charge in [-0.2, -0.15) is 0 Å². The molecule has 4 aromatic rings. The first-order chi connectivity index (χ1) is 17.3. The number of rotatable bonds is 8. The zero-order valence-corrected chi connectivity index (χ0v) is 21.5. The van der Waals surface area contributed by atoms with Crippen LogP contribution in [-0.4, -0.2) is 74.1 Å². The van der Waals surface area contributed by atoms with E-state index in [0.717, 1.165) is 40.8 Å². The van der Waals surface area contributed by atoms with Crippen molar-refractivity contribution < 1.29 is 17.7 Å². The number of ether oxygens (including phenoxy) is 1. The fraction of sp³-hybridized carbons (Fsp3) is 0.400. The smallest absolute Gasteiger partial charge is 0.232 e. The molecule has 2 aromatic carbocycles. The maximum atomic E-state index is 12.5. The van der Waals surface area contributed by atoms with E-state index in [0.29, 0.717) is 43.5 Å². The highest BCUT2D eigenvalue weighted by atomic mass is 32.2. The molecule has 0 spiro atoms. The Morgan fingerprint density at radius 1 is 1.11 bits per heavy atom. The Morgan fingerprint density at radius 3 is 2.56 bits per heavy atom. The van der Waals surface area contributed by atoms with Gasteiger partial charge in [0, 0.05) is 43.4 Å². The van der Waals surface area contributed by atoms with Crippen molar-refractivity contribution in [3.63, 3.8) is 0 Å². The molecular weight excluding hydrogens is 480 g/mol. The lowest BCUT2D eigenvalue weighted by Crippen LogP contribution is -2.43. The third-order valence-corrected chi connectivity index (χ3v) is 7.49. The Hall–Kier alpha value is -3.28. The van der Waals surface area contributed by atoms with E-state index in [9.17, 15) is 8.42 Å². The van der Waals surface area contributed by atoms with Crippen LogP contribution in [0.1, 0.15) is 25.5 Å². The number of nitrogens with zero attached hydrogens (tertiary/aromatic N) is 5. The fourth-order valence-electron chi connectivity index (χ4n) is 4.38. The maximum absolute atomic E-state index is 12.5. The number of nitrogens with one attached hydrogen (secondary N) is 1. The van der Waals surface area contributed by atoms with Crippen molar-refractivity contribution in [3.05, 3.63) is 48.3 Å². The summed E-state index contributed by atoms with van der Waals surface area (Å²) in [4.78, 5) is 11.4. The van der Waals surface area contributed by atoms with Crippen LogP contribution in [0.2, 0.25) is 0 Å². The average molecular weight is 511 g/mol. The molecule has 0 unspecified atom stereocenters. The molecule has 190 valence electrons. The van der Waals surface area contributed by atoms with Crippen molar-refractivity contribution in [2.75, 3.05) is 55.3 Å². The summed E-state index contributed by atoms with van der Waals surface area (Å²) >= 11 is 0. The van der Waals surface area contributed by atoms with E-state index >= 15 is 0 Å². The number of anilines is 3. The van der Waals surface area contributed by atoms with Crippen LogP contribution in [0.25, 0.3) is 21.9 Å². The fourth-order valence-corrected chi connectivity index (χ4v) is 5.30. The quantitative estimate of drug-likeness (QED) is 0.379. The highest BCUT2D eigenvalue weighted by Gasteiger charge is 2.20. The lowest BCUT2D eigenvalue weighted by atomic mass is 10.0. The number of fused-ring (bicyclic) bond motifs is 3. The van der Waals surface area contributed by atoms with Crippen molar-refractivity contribution >= 4 is 49.2 Å². The molecule has 1 aliphatic rings. The molecule has 11 heteroatoms. The second-order valence-corrected chi connectivity index (χ2v) is 11.2. The summed E-state index contributed by atoms with van der Waals surface area (Å²) in [6.07, 6.45) is 3.00. The van der Waals surface area contributed by atoms with Gasteiger partial charge in [-0.25, -0.2) is 18.4 Å². The van der Waals surface area contributed by atoms with Gasteiger partial charge < -0.3 is 14.6 Å². The van der Waals surface area contributed by atoms with Crippen LogP contribution in [0, 0.1) is 0 Å². The molecule has 1 fully saturated rings. The predicted molar refractivity (Wildman–Crippen MR) is 140 cm³/mol. The number of hydrogen-bond donors (Lipinski definition) is 1. The summed E-state index contributed by atoms with van der Waals surface area (Å²) in [5.74, 6) is 0.628. The first-order valence-corrected chi connectivity index (χ1v) is 13.8. The Kier molecular flexibility index (Phi) is 6.78. The highest BCUT2D eigenvalue weighted by Crippen LogP contribution is 2.31. The zero-order chi connectivity index (χ0) is 25.3. The van der Waals surface area contributed by atoms with Crippen LogP contribution in [0.4, 0.5) is 17.3 Å². The maximum Gasteiger partial charge on any atom is 0.232 e. The minimum atomic E-state index is -3.43. The molecule has 3 heterocycles. The van der Waals surface area contributed by atoms with Crippen LogP contribution in [0.15, 0.2) is 47.1 Å². The molecule has 1 N–H and O–H groups in total. The van der Waals surface area contributed by atoms with Crippen LogP contribution >= 0.6 is 0 Å². The van der Waals surface area contributed by atoms with Gasteiger partial charge in [-0.05, 0) is 42.3 Å². The van der Waals surface area contributed by atoms with E-state index in [1.807, 2.05) is 24.3 Å². The van der Waals surface area contributed by atoms with E-state index in [4.69, 9.17) is 14.2 Å². The van der Waals surface area contributed by atoms with Gasteiger partial charge in [0.15, 0.2) is 5.58 Å². The largest absolute Gasteiger partial charge is 0.379 e. The van der Waals surface area contributed by atoms with Crippen molar-refractivity contribution in [1.29, 1.82) is 0 Å². The van der Waals surface area contributed by atoms with E-state index in [-0.39, 0.29) is 5.92 Å². The van der Waals surface area contributed by atoms with Crippen LogP contribution in [0.3, 0.4) is 0 Å². The van der Waals surface area contributed by atoms with Crippen molar-refractivity contribution in [3.8, 4) is 0 Å². The van der Waals surface area contributed by atoms with Crippen molar-refractivity contribution in [2.45, 2.75) is 19.8 Å². The van der Waals surface area contributed by atoms with Crippen LogP contribution < -0.4 is 9.62 Å². The van der Waals surface area contributed by atoms with Crippen molar-refractivity contribution in [1.82, 2.24) is 20.0 Å². The molecule has 0 atom stereocenters. The lowest BCUT2D eigenvalue weighted by molar-refractivity contribution is 0.0395. The van der Waals surface area contributed by atoms with E-state index in [2.05, 4.69) is 34.2 Å². The Balaban J connectivity index is 1.37. The van der Waals surface area contributed by atoms with Gasteiger partial charge in [-0.15, -0.1) is 0 Å². The van der Waals surface area contributed by atoms with Crippen molar-refractivity contribution in [2.24, 2.45) is 0 Å². The second kappa shape index (κ2) is 10.00. The molecule has 0 aliphatic carbocycles. The van der Waals surface area contributed by atoms with Gasteiger partial charge in [0.25, 0.3) is 0 Å². The first-order valence-electron chi connectivity index (χ1n) is 12.0. The Labute approximate surface area is 210 Å². The van der Waals surface area contributed by atoms with Gasteiger partial charge in [0.05, 0.1) is 41.8 Å². The van der Waals surface area contributed by atoms with Gasteiger partial charge in [-0.3, -0.25) is 9.21 Å². The standard InChI is InChI=1S/C25H30N6O4S/c1-17(2)23-22-21(35-29-23)9-4-18-16-26-25(28-24(18)22)27-19-5-7-20(8-6-19)31(36(3,32)33)11-10-30-12-14-34-15-13-30/h4-9,16-17H,10-15H2,1-3H3,(H,26,27,28). The van der Waals surface area contributed by atoms with Crippen LogP contribution in [0.5, 0.6) is 0 Å². The molecule has 36 heavy (non-hydrogen) atoms. The zero-order valence-electron chi connectivity index (χ0n) is 20.6. The summed E-state index contributed by atoms with van der Waals surface area (Å²) in [6, 6.07) is 11.0. The molecule has 0 radical (unpaired) electrons. The molecule has 0 bridgehead atoms. The number of morpholine rings is 1. The molecule has 0 amide bonds.